The van der Waals surface area contributed by atoms with Crippen molar-refractivity contribution in [3.8, 4) is 34.1 Å². The van der Waals surface area contributed by atoms with Crippen molar-refractivity contribution in [2.24, 2.45) is 0 Å². The molecular formula is C31H46NO9P. The van der Waals surface area contributed by atoms with E-state index in [-0.39, 0.29) is 25.0 Å². The van der Waals surface area contributed by atoms with Crippen molar-refractivity contribution in [3.05, 3.63) is 35.4 Å². The highest BCUT2D eigenvalue weighted by Crippen LogP contribution is 2.55. The van der Waals surface area contributed by atoms with Crippen LogP contribution in [0.25, 0.3) is 11.1 Å². The Bertz CT molecular complexity index is 1280. The monoisotopic (exact) mass is 607 g/mol. The molecule has 0 spiro atoms. The molecule has 234 valence electrons. The van der Waals surface area contributed by atoms with E-state index in [2.05, 4.69) is 5.32 Å². The van der Waals surface area contributed by atoms with Gasteiger partial charge in [-0.3, -0.25) is 18.4 Å². The molecule has 0 unspecified atom stereocenters. The normalized spacial score (nSPS) is 15.2. The molecule has 0 bridgehead atoms. The van der Waals surface area contributed by atoms with Gasteiger partial charge in [0.2, 0.25) is 11.7 Å². The average molecular weight is 608 g/mol. The molecule has 0 saturated heterocycles. The van der Waals surface area contributed by atoms with Gasteiger partial charge in [-0.1, -0.05) is 6.07 Å². The first kappa shape index (κ1) is 33.7. The Morgan fingerprint density at radius 3 is 2.10 bits per heavy atom. The van der Waals surface area contributed by atoms with Crippen molar-refractivity contribution in [2.75, 3.05) is 35.0 Å². The number of ether oxygens (including phenoxy) is 4. The zero-order valence-electron chi connectivity index (χ0n) is 26.5. The summed E-state index contributed by atoms with van der Waals surface area (Å²) in [5.74, 6) is 2.17. The molecule has 1 atom stereocenters. The minimum atomic E-state index is -3.85. The highest BCUT2D eigenvalue weighted by atomic mass is 31.2. The van der Waals surface area contributed by atoms with Gasteiger partial charge >= 0.3 is 7.82 Å². The van der Waals surface area contributed by atoms with Crippen molar-refractivity contribution < 1.29 is 41.9 Å². The first-order valence-corrected chi connectivity index (χ1v) is 15.5. The fourth-order valence-electron chi connectivity index (χ4n) is 4.91. The highest BCUT2D eigenvalue weighted by molar-refractivity contribution is 7.48. The number of carbonyl (C=O) groups is 1. The summed E-state index contributed by atoms with van der Waals surface area (Å²) in [5.41, 5.74) is 2.26. The first-order valence-electron chi connectivity index (χ1n) is 14.1. The summed E-state index contributed by atoms with van der Waals surface area (Å²) in [6.45, 7) is 10.7. The van der Waals surface area contributed by atoms with Crippen LogP contribution in [0.5, 0.6) is 23.0 Å². The summed E-state index contributed by atoms with van der Waals surface area (Å²) < 4.78 is 52.8. The summed E-state index contributed by atoms with van der Waals surface area (Å²) in [4.78, 5) is 13.2. The molecule has 0 aliphatic heterocycles. The molecule has 2 aromatic carbocycles. The van der Waals surface area contributed by atoms with E-state index in [1.165, 1.54) is 0 Å². The number of amides is 1. The number of phosphoric ester groups is 1. The second-order valence-electron chi connectivity index (χ2n) is 12.1. The van der Waals surface area contributed by atoms with E-state index < -0.39 is 19.0 Å². The van der Waals surface area contributed by atoms with Gasteiger partial charge in [-0.05, 0) is 95.7 Å². The molecule has 0 fully saturated rings. The zero-order valence-corrected chi connectivity index (χ0v) is 27.4. The van der Waals surface area contributed by atoms with Crippen molar-refractivity contribution in [2.45, 2.75) is 84.5 Å². The van der Waals surface area contributed by atoms with Crippen molar-refractivity contribution in [1.29, 1.82) is 0 Å². The van der Waals surface area contributed by atoms with Crippen LogP contribution < -0.4 is 24.3 Å². The Balaban J connectivity index is 1.80. The lowest BCUT2D eigenvalue weighted by molar-refractivity contribution is -0.122. The topological polar surface area (TPSA) is 111 Å². The number of rotatable bonds is 12. The van der Waals surface area contributed by atoms with Crippen LogP contribution in [0.4, 0.5) is 0 Å². The lowest BCUT2D eigenvalue weighted by Crippen LogP contribution is -2.29. The molecule has 1 aliphatic carbocycles. The summed E-state index contributed by atoms with van der Waals surface area (Å²) in [7, 11) is 2.53. The maximum atomic E-state index is 13.3. The van der Waals surface area contributed by atoms with Crippen LogP contribution >= 0.6 is 7.82 Å². The molecule has 11 heteroatoms. The fraction of sp³-hybridized carbons (Fsp3) is 0.581. The smallest absolute Gasteiger partial charge is 0.475 e. The van der Waals surface area contributed by atoms with Gasteiger partial charge in [0.1, 0.15) is 5.75 Å². The Labute approximate surface area is 249 Å². The molecule has 1 amide bonds. The standard InChI is InChI=1S/C31H46NO9P/c1-30(2,3)40-42(34,41-31(4,5)6)39-17-11-12-26(33)32-24-16-13-20-18-25(36-8)28(37-9)29(38-10)27(20)22-15-14-21(35-7)19-23(22)24/h14-15,18-19,24H,11-13,16-17H2,1-10H3,(H,32,33)/t24-/m0/s1. The van der Waals surface area contributed by atoms with E-state index in [9.17, 15) is 9.36 Å². The molecular weight excluding hydrogens is 561 g/mol. The Morgan fingerprint density at radius 2 is 1.55 bits per heavy atom. The fourth-order valence-corrected chi connectivity index (χ4v) is 6.74. The average Bonchev–Trinajstić information content (AvgIpc) is 3.04. The number of methoxy groups -OCH3 is 4. The maximum Gasteiger partial charge on any atom is 0.475 e. The van der Waals surface area contributed by atoms with Gasteiger partial charge in [-0.15, -0.1) is 0 Å². The van der Waals surface area contributed by atoms with Gasteiger partial charge in [-0.25, -0.2) is 4.57 Å². The first-order chi connectivity index (χ1) is 19.6. The van der Waals surface area contributed by atoms with Gasteiger partial charge in [0.15, 0.2) is 11.5 Å². The number of hydrogen-bond donors (Lipinski definition) is 1. The molecule has 1 N–H and O–H groups in total. The number of carbonyl (C=O) groups excluding carboxylic acids is 1. The maximum absolute atomic E-state index is 13.3. The molecule has 2 aromatic rings. The van der Waals surface area contributed by atoms with Crippen LogP contribution in [0, 0.1) is 0 Å². The van der Waals surface area contributed by atoms with Crippen LogP contribution in [0.1, 0.15) is 78.0 Å². The minimum absolute atomic E-state index is 0.0359. The highest BCUT2D eigenvalue weighted by Gasteiger charge is 2.37. The second kappa shape index (κ2) is 13.7. The summed E-state index contributed by atoms with van der Waals surface area (Å²) in [6, 6.07) is 7.47. The van der Waals surface area contributed by atoms with Crippen LogP contribution in [0.2, 0.25) is 0 Å². The second-order valence-corrected chi connectivity index (χ2v) is 13.6. The third-order valence-corrected chi connectivity index (χ3v) is 8.46. The number of phosphoric acid groups is 1. The molecule has 0 heterocycles. The predicted octanol–water partition coefficient (Wildman–Crippen LogP) is 7.03. The van der Waals surface area contributed by atoms with Gasteiger partial charge in [0.05, 0.1) is 52.3 Å². The zero-order chi connectivity index (χ0) is 31.3. The van der Waals surface area contributed by atoms with Crippen molar-refractivity contribution in [3.63, 3.8) is 0 Å². The molecule has 0 saturated carbocycles. The van der Waals surface area contributed by atoms with Gasteiger partial charge in [-0.2, -0.15) is 0 Å². The molecule has 0 radical (unpaired) electrons. The van der Waals surface area contributed by atoms with E-state index in [4.69, 9.17) is 32.5 Å². The van der Waals surface area contributed by atoms with Crippen molar-refractivity contribution in [1.82, 2.24) is 5.32 Å². The van der Waals surface area contributed by atoms with Crippen LogP contribution in [-0.2, 0) is 29.4 Å². The van der Waals surface area contributed by atoms with E-state index in [1.807, 2.05) is 24.3 Å². The van der Waals surface area contributed by atoms with Gasteiger partial charge in [0, 0.05) is 12.0 Å². The summed E-state index contributed by atoms with van der Waals surface area (Å²) >= 11 is 0. The number of fused-ring (bicyclic) bond motifs is 3. The number of aryl methyl sites for hydroxylation is 1. The summed E-state index contributed by atoms with van der Waals surface area (Å²) in [5, 5.41) is 3.19. The Kier molecular flexibility index (Phi) is 11.0. The number of nitrogens with one attached hydrogen (secondary N) is 1. The van der Waals surface area contributed by atoms with Crippen LogP contribution in [0.15, 0.2) is 24.3 Å². The molecule has 42 heavy (non-hydrogen) atoms. The molecule has 3 rings (SSSR count). The molecule has 1 aliphatic rings. The van der Waals surface area contributed by atoms with Crippen molar-refractivity contribution >= 4 is 13.7 Å². The third kappa shape index (κ3) is 8.63. The van der Waals surface area contributed by atoms with E-state index in [1.54, 1.807) is 70.0 Å². The third-order valence-electron chi connectivity index (χ3n) is 6.42. The van der Waals surface area contributed by atoms with E-state index in [0.717, 1.165) is 22.3 Å². The quantitative estimate of drug-likeness (QED) is 0.201. The van der Waals surface area contributed by atoms with Gasteiger partial charge < -0.3 is 24.3 Å². The Hall–Kier alpha value is -2.78. The number of benzene rings is 2. The lowest BCUT2D eigenvalue weighted by atomic mass is 9.93. The molecule has 0 aromatic heterocycles. The van der Waals surface area contributed by atoms with Gasteiger partial charge in [0.25, 0.3) is 0 Å². The minimum Gasteiger partial charge on any atom is -0.497 e. The Morgan fingerprint density at radius 1 is 0.905 bits per heavy atom. The largest absolute Gasteiger partial charge is 0.497 e. The SMILES string of the molecule is COc1ccc2c(c1)[C@@H](NC(=O)CCCOP(=O)(OC(C)(C)C)OC(C)(C)C)CCc1cc(OC)c(OC)c(OC)c1-2. The van der Waals surface area contributed by atoms with Crippen LogP contribution in [0.3, 0.4) is 0 Å². The predicted molar refractivity (Wildman–Crippen MR) is 162 cm³/mol. The van der Waals surface area contributed by atoms with E-state index >= 15 is 0 Å². The van der Waals surface area contributed by atoms with E-state index in [0.29, 0.717) is 42.3 Å². The lowest BCUT2D eigenvalue weighted by Gasteiger charge is -2.30. The van der Waals surface area contributed by atoms with Crippen LogP contribution in [-0.4, -0.2) is 52.2 Å². The number of hydrogen-bond acceptors (Lipinski definition) is 9. The molecule has 10 nitrogen and oxygen atoms in total. The summed E-state index contributed by atoms with van der Waals surface area (Å²) in [6.07, 6.45) is 1.80.